The molecule has 0 bridgehead atoms. The molecule has 0 unspecified atom stereocenters. The van der Waals surface area contributed by atoms with Crippen LogP contribution in [0.1, 0.15) is 35.7 Å². The van der Waals surface area contributed by atoms with Crippen molar-refractivity contribution < 1.29 is 24.2 Å². The molecule has 0 spiro atoms. The van der Waals surface area contributed by atoms with E-state index in [0.29, 0.717) is 17.8 Å². The summed E-state index contributed by atoms with van der Waals surface area (Å²) in [4.78, 5) is 40.2. The van der Waals surface area contributed by atoms with E-state index >= 15 is 0 Å². The van der Waals surface area contributed by atoms with Crippen LogP contribution in [0.15, 0.2) is 18.2 Å². The second kappa shape index (κ2) is 7.55. The van der Waals surface area contributed by atoms with E-state index in [2.05, 4.69) is 0 Å². The summed E-state index contributed by atoms with van der Waals surface area (Å²) in [5, 5.41) is 9.93. The monoisotopic (exact) mass is 360 g/mol. The zero-order chi connectivity index (χ0) is 18.8. The molecule has 7 nitrogen and oxygen atoms in total. The molecule has 0 aromatic heterocycles. The van der Waals surface area contributed by atoms with Crippen molar-refractivity contribution in [2.24, 2.45) is 0 Å². The molecule has 140 valence electrons. The van der Waals surface area contributed by atoms with Crippen LogP contribution in [-0.4, -0.2) is 66.1 Å². The fraction of sp³-hybridized carbons (Fsp3) is 0.526. The summed E-state index contributed by atoms with van der Waals surface area (Å²) in [5.41, 5.74) is 2.01. The van der Waals surface area contributed by atoms with Gasteiger partial charge in [-0.05, 0) is 44.4 Å². The lowest BCUT2D eigenvalue weighted by atomic mass is 10.0. The first-order valence-electron chi connectivity index (χ1n) is 8.91. The number of benzene rings is 1. The molecule has 0 aliphatic carbocycles. The third-order valence-corrected chi connectivity index (χ3v) is 4.98. The molecule has 0 radical (unpaired) electrons. The summed E-state index contributed by atoms with van der Waals surface area (Å²) in [6, 6.07) is 5.31. The first-order valence-corrected chi connectivity index (χ1v) is 8.91. The van der Waals surface area contributed by atoms with Gasteiger partial charge in [-0.2, -0.15) is 0 Å². The number of ether oxygens (including phenoxy) is 1. The number of likely N-dealkylation sites (tertiary alicyclic amines) is 1. The van der Waals surface area contributed by atoms with Crippen molar-refractivity contribution in [3.63, 3.8) is 0 Å². The van der Waals surface area contributed by atoms with Gasteiger partial charge in [0.25, 0.3) is 11.8 Å². The maximum absolute atomic E-state index is 12.8. The van der Waals surface area contributed by atoms with Gasteiger partial charge in [0, 0.05) is 30.9 Å². The Labute approximate surface area is 152 Å². The average molecular weight is 360 g/mol. The maximum atomic E-state index is 12.8. The summed E-state index contributed by atoms with van der Waals surface area (Å²) in [7, 11) is 0. The Morgan fingerprint density at radius 1 is 1.23 bits per heavy atom. The number of morpholine rings is 1. The molecular weight excluding hydrogens is 336 g/mol. The molecule has 2 atom stereocenters. The van der Waals surface area contributed by atoms with Gasteiger partial charge in [0.2, 0.25) is 0 Å². The predicted molar refractivity (Wildman–Crippen MR) is 95.1 cm³/mol. The molecule has 2 aliphatic heterocycles. The first-order chi connectivity index (χ1) is 12.4. The zero-order valence-corrected chi connectivity index (χ0v) is 15.1. The smallest absolute Gasteiger partial charge is 0.259 e. The van der Waals surface area contributed by atoms with Crippen molar-refractivity contribution in [3.8, 4) is 0 Å². The Bertz CT molecular complexity index is 727. The molecule has 1 aromatic rings. The van der Waals surface area contributed by atoms with Crippen LogP contribution in [0.5, 0.6) is 0 Å². The van der Waals surface area contributed by atoms with E-state index in [1.165, 1.54) is 11.8 Å². The Kier molecular flexibility index (Phi) is 5.38. The number of Topliss-reactive ketones (excluding diaryl/α,β-unsaturated/α-hetero) is 1. The van der Waals surface area contributed by atoms with Crippen molar-refractivity contribution in [2.75, 3.05) is 31.1 Å². The van der Waals surface area contributed by atoms with Crippen LogP contribution in [0, 0.1) is 6.92 Å². The molecule has 2 fully saturated rings. The number of anilines is 1. The first kappa shape index (κ1) is 18.5. The number of carbonyl (C=O) groups excluding carboxylic acids is 3. The highest BCUT2D eigenvalue weighted by molar-refractivity contribution is 6.02. The third kappa shape index (κ3) is 3.50. The predicted octanol–water partition coefficient (Wildman–Crippen LogP) is 0.913. The normalized spacial score (nSPS) is 21.8. The number of hydrogen-bond acceptors (Lipinski definition) is 5. The number of aliphatic hydroxyl groups excluding tert-OH is 1. The molecule has 2 saturated heterocycles. The highest BCUT2D eigenvalue weighted by atomic mass is 16.5. The van der Waals surface area contributed by atoms with E-state index in [-0.39, 0.29) is 12.5 Å². The number of nitrogens with zero attached hydrogens (tertiary/aromatic N) is 2. The van der Waals surface area contributed by atoms with Gasteiger partial charge in [0.15, 0.2) is 11.9 Å². The van der Waals surface area contributed by atoms with Crippen LogP contribution in [0.3, 0.4) is 0 Å². The molecule has 1 N–H and O–H groups in total. The molecule has 3 rings (SSSR count). The maximum Gasteiger partial charge on any atom is 0.259 e. The fourth-order valence-corrected chi connectivity index (χ4v) is 3.40. The van der Waals surface area contributed by atoms with Crippen LogP contribution in [0.4, 0.5) is 5.69 Å². The van der Waals surface area contributed by atoms with Gasteiger partial charge in [-0.15, -0.1) is 0 Å². The van der Waals surface area contributed by atoms with Crippen LogP contribution in [-0.2, 0) is 14.3 Å². The lowest BCUT2D eigenvalue weighted by molar-refractivity contribution is -0.150. The zero-order valence-electron chi connectivity index (χ0n) is 15.1. The molecule has 2 aliphatic rings. The van der Waals surface area contributed by atoms with E-state index in [4.69, 9.17) is 4.74 Å². The molecule has 2 heterocycles. The van der Waals surface area contributed by atoms with Crippen molar-refractivity contribution in [3.05, 3.63) is 29.3 Å². The number of hydrogen-bond donors (Lipinski definition) is 1. The van der Waals surface area contributed by atoms with Crippen LogP contribution >= 0.6 is 0 Å². The summed E-state index contributed by atoms with van der Waals surface area (Å²) in [6.07, 6.45) is -0.671. The highest BCUT2D eigenvalue weighted by Gasteiger charge is 2.38. The van der Waals surface area contributed by atoms with Gasteiger partial charge in [-0.1, -0.05) is 6.07 Å². The number of ketones is 1. The lowest BCUT2D eigenvalue weighted by Crippen LogP contribution is -2.54. The Hall–Kier alpha value is -2.25. The van der Waals surface area contributed by atoms with Crippen molar-refractivity contribution in [2.45, 2.75) is 38.9 Å². The van der Waals surface area contributed by atoms with Gasteiger partial charge in [0.1, 0.15) is 6.10 Å². The number of carbonyl (C=O) groups is 3. The van der Waals surface area contributed by atoms with Gasteiger partial charge in [-0.3, -0.25) is 14.4 Å². The summed E-state index contributed by atoms with van der Waals surface area (Å²) < 4.78 is 5.31. The van der Waals surface area contributed by atoms with E-state index < -0.39 is 23.9 Å². The third-order valence-electron chi connectivity index (χ3n) is 4.98. The number of amides is 2. The van der Waals surface area contributed by atoms with Gasteiger partial charge >= 0.3 is 0 Å². The minimum Gasteiger partial charge on any atom is -0.382 e. The SMILES string of the molecule is CC(=O)[C@H](O)[C@H]1OCCN(c2ccc(C)c(C(=O)N3CCCC3)c2)C1=O. The van der Waals surface area contributed by atoms with E-state index in [9.17, 15) is 19.5 Å². The lowest BCUT2D eigenvalue weighted by Gasteiger charge is -2.34. The fourth-order valence-electron chi connectivity index (χ4n) is 3.40. The second-order valence-electron chi connectivity index (χ2n) is 6.84. The Morgan fingerprint density at radius 2 is 1.92 bits per heavy atom. The number of aliphatic hydroxyl groups is 1. The molecule has 2 amide bonds. The number of aryl methyl sites for hydroxylation is 1. The van der Waals surface area contributed by atoms with E-state index in [1.807, 2.05) is 17.9 Å². The highest BCUT2D eigenvalue weighted by Crippen LogP contribution is 2.25. The molecular formula is C19H24N2O5. The Morgan fingerprint density at radius 3 is 2.58 bits per heavy atom. The molecule has 0 saturated carbocycles. The van der Waals surface area contributed by atoms with E-state index in [1.54, 1.807) is 12.1 Å². The second-order valence-corrected chi connectivity index (χ2v) is 6.84. The van der Waals surface area contributed by atoms with Gasteiger partial charge in [-0.25, -0.2) is 0 Å². The van der Waals surface area contributed by atoms with Crippen LogP contribution < -0.4 is 4.90 Å². The van der Waals surface area contributed by atoms with Crippen molar-refractivity contribution in [1.29, 1.82) is 0 Å². The van der Waals surface area contributed by atoms with Crippen molar-refractivity contribution in [1.82, 2.24) is 4.90 Å². The van der Waals surface area contributed by atoms with Gasteiger partial charge < -0.3 is 19.6 Å². The molecule has 1 aromatic carbocycles. The van der Waals surface area contributed by atoms with Crippen molar-refractivity contribution >= 4 is 23.3 Å². The largest absolute Gasteiger partial charge is 0.382 e. The Balaban J connectivity index is 1.86. The molecule has 26 heavy (non-hydrogen) atoms. The minimum atomic E-state index is -1.48. The quantitative estimate of drug-likeness (QED) is 0.863. The van der Waals surface area contributed by atoms with Crippen LogP contribution in [0.2, 0.25) is 0 Å². The summed E-state index contributed by atoms with van der Waals surface area (Å²) in [6.45, 7) is 5.12. The standard InChI is InChI=1S/C19H24N2O5/c1-12-5-6-14(11-15(12)18(24)20-7-3-4-8-20)21-9-10-26-17(19(21)25)16(23)13(2)22/h5-6,11,16-17,23H,3-4,7-10H2,1-2H3/t16-,17+/m0/s1. The topological polar surface area (TPSA) is 87.2 Å². The van der Waals surface area contributed by atoms with E-state index in [0.717, 1.165) is 31.5 Å². The molecule has 7 heteroatoms. The number of rotatable bonds is 4. The summed E-state index contributed by atoms with van der Waals surface area (Å²) >= 11 is 0. The van der Waals surface area contributed by atoms with Crippen LogP contribution in [0.25, 0.3) is 0 Å². The van der Waals surface area contributed by atoms with Gasteiger partial charge in [0.05, 0.1) is 6.61 Å². The average Bonchev–Trinajstić information content (AvgIpc) is 3.16. The minimum absolute atomic E-state index is 0.0251. The summed E-state index contributed by atoms with van der Waals surface area (Å²) in [5.74, 6) is -1.01.